The van der Waals surface area contributed by atoms with Crippen LogP contribution in [0.4, 0.5) is 0 Å². The second-order valence-corrected chi connectivity index (χ2v) is 4.08. The first-order valence-electron chi connectivity index (χ1n) is 6.16. The molecule has 0 amide bonds. The Hall–Kier alpha value is -1.35. The van der Waals surface area contributed by atoms with Gasteiger partial charge in [-0.1, -0.05) is 0 Å². The smallest absolute Gasteiger partial charge is 0.512 e. The Kier molecular flexibility index (Phi) is 5.40. The fraction of sp³-hybridized carbons (Fsp3) is 0.545. The summed E-state index contributed by atoms with van der Waals surface area (Å²) in [5.74, 6) is 0.692. The molecule has 1 fully saturated rings. The van der Waals surface area contributed by atoms with E-state index >= 15 is 0 Å². The van der Waals surface area contributed by atoms with E-state index in [0.29, 0.717) is 18.2 Å². The van der Waals surface area contributed by atoms with Crippen LogP contribution in [0.2, 0.25) is 0 Å². The molecule has 1 saturated heterocycles. The van der Waals surface area contributed by atoms with Crippen LogP contribution in [-0.4, -0.2) is 66.7 Å². The van der Waals surface area contributed by atoms with Gasteiger partial charge in [-0.3, -0.25) is 4.90 Å². The average molecular weight is 268 g/mol. The van der Waals surface area contributed by atoms with Gasteiger partial charge in [0, 0.05) is 31.9 Å². The fourth-order valence-electron chi connectivity index (χ4n) is 1.77. The number of nitrogens with zero attached hydrogens (tertiary/aromatic N) is 2. The van der Waals surface area contributed by atoms with E-state index in [1.807, 2.05) is 0 Å². The van der Waals surface area contributed by atoms with E-state index in [-0.39, 0.29) is 0 Å². The van der Waals surface area contributed by atoms with Crippen LogP contribution in [-0.2, 0) is 4.74 Å². The van der Waals surface area contributed by atoms with E-state index in [1.165, 1.54) is 18.3 Å². The monoisotopic (exact) mass is 268 g/mol. The maximum atomic E-state index is 8.70. The molecule has 2 N–H and O–H groups in total. The van der Waals surface area contributed by atoms with E-state index in [0.717, 1.165) is 32.8 Å². The number of pyridine rings is 1. The van der Waals surface area contributed by atoms with E-state index in [1.54, 1.807) is 0 Å². The van der Waals surface area contributed by atoms with Crippen LogP contribution in [0.1, 0.15) is 0 Å². The van der Waals surface area contributed by atoms with Crippen LogP contribution >= 0.6 is 0 Å². The molecule has 104 valence electrons. The molecule has 1 aliphatic heterocycles. The molecule has 0 radical (unpaired) electrons. The van der Waals surface area contributed by atoms with Gasteiger partial charge in [-0.05, 0) is 6.07 Å². The minimum atomic E-state index is -1.84. The topological polar surface area (TPSA) is 84.3 Å². The van der Waals surface area contributed by atoms with Gasteiger partial charge < -0.3 is 24.2 Å². The van der Waals surface area contributed by atoms with Gasteiger partial charge in [0.2, 0.25) is 5.88 Å². The molecule has 0 saturated carbocycles. The second-order valence-electron chi connectivity index (χ2n) is 4.08. The number of rotatable bonds is 6. The maximum Gasteiger partial charge on any atom is 0.707 e. The van der Waals surface area contributed by atoms with Crippen LogP contribution in [0.15, 0.2) is 18.3 Å². The van der Waals surface area contributed by atoms with Gasteiger partial charge in [-0.25, -0.2) is 4.98 Å². The molecule has 0 atom stereocenters. The van der Waals surface area contributed by atoms with E-state index in [9.17, 15) is 0 Å². The van der Waals surface area contributed by atoms with Crippen LogP contribution in [0.25, 0.3) is 0 Å². The third-order valence-electron chi connectivity index (χ3n) is 2.71. The molecule has 7 nitrogen and oxygen atoms in total. The SMILES string of the molecule is OB(O)Oc1ccnc(OCCN2CCOCC2)c1. The molecule has 0 unspecified atom stereocenters. The lowest BCUT2D eigenvalue weighted by Crippen LogP contribution is -2.38. The first-order valence-corrected chi connectivity index (χ1v) is 6.16. The Balaban J connectivity index is 1.75. The van der Waals surface area contributed by atoms with Gasteiger partial charge in [0.05, 0.1) is 13.2 Å². The lowest BCUT2D eigenvalue weighted by Gasteiger charge is -2.26. The standard InChI is InChI=1S/C11H17BN2O5/c15-12(16)19-10-1-2-13-11(9-10)18-8-5-14-3-6-17-7-4-14/h1-2,9,15-16H,3-8H2. The summed E-state index contributed by atoms with van der Waals surface area (Å²) < 4.78 is 15.5. The number of aromatic nitrogens is 1. The highest BCUT2D eigenvalue weighted by Gasteiger charge is 2.12. The molecule has 2 rings (SSSR count). The fourth-order valence-corrected chi connectivity index (χ4v) is 1.77. The minimum absolute atomic E-state index is 0.298. The van der Waals surface area contributed by atoms with Crippen LogP contribution in [0.5, 0.6) is 11.6 Å². The molecule has 2 heterocycles. The van der Waals surface area contributed by atoms with Gasteiger partial charge in [0.25, 0.3) is 0 Å². The summed E-state index contributed by atoms with van der Waals surface area (Å²) in [5, 5.41) is 17.4. The highest BCUT2D eigenvalue weighted by Crippen LogP contribution is 2.16. The van der Waals surface area contributed by atoms with Crippen LogP contribution in [0.3, 0.4) is 0 Å². The number of hydrogen-bond acceptors (Lipinski definition) is 7. The van der Waals surface area contributed by atoms with E-state index in [2.05, 4.69) is 9.88 Å². The quantitative estimate of drug-likeness (QED) is 0.649. The minimum Gasteiger partial charge on any atom is -0.512 e. The van der Waals surface area contributed by atoms with E-state index < -0.39 is 7.32 Å². The highest BCUT2D eigenvalue weighted by atomic mass is 16.6. The van der Waals surface area contributed by atoms with Gasteiger partial charge in [-0.2, -0.15) is 0 Å². The van der Waals surface area contributed by atoms with Crippen molar-refractivity contribution in [2.45, 2.75) is 0 Å². The van der Waals surface area contributed by atoms with Crippen molar-refractivity contribution in [1.82, 2.24) is 9.88 Å². The van der Waals surface area contributed by atoms with Gasteiger partial charge >= 0.3 is 7.32 Å². The number of ether oxygens (including phenoxy) is 2. The molecule has 8 heteroatoms. The lowest BCUT2D eigenvalue weighted by atomic mass is 10.2. The summed E-state index contributed by atoms with van der Waals surface area (Å²) >= 11 is 0. The molecule has 0 aromatic carbocycles. The third-order valence-corrected chi connectivity index (χ3v) is 2.71. The third kappa shape index (κ3) is 5.03. The van der Waals surface area contributed by atoms with Crippen molar-refractivity contribution in [3.63, 3.8) is 0 Å². The van der Waals surface area contributed by atoms with Gasteiger partial charge in [-0.15, -0.1) is 0 Å². The largest absolute Gasteiger partial charge is 0.707 e. The van der Waals surface area contributed by atoms with Crippen molar-refractivity contribution in [2.24, 2.45) is 0 Å². The van der Waals surface area contributed by atoms with Crippen molar-refractivity contribution in [1.29, 1.82) is 0 Å². The highest BCUT2D eigenvalue weighted by molar-refractivity contribution is 6.33. The first kappa shape index (κ1) is 14.1. The van der Waals surface area contributed by atoms with Crippen LogP contribution < -0.4 is 9.39 Å². The lowest BCUT2D eigenvalue weighted by molar-refractivity contribution is 0.0320. The Morgan fingerprint density at radius 2 is 2.16 bits per heavy atom. The molecular formula is C11H17BN2O5. The molecule has 1 aromatic rings. The van der Waals surface area contributed by atoms with Crippen molar-refractivity contribution >= 4 is 7.32 Å². The molecular weight excluding hydrogens is 251 g/mol. The zero-order chi connectivity index (χ0) is 13.5. The molecule has 0 spiro atoms. The number of hydrogen-bond donors (Lipinski definition) is 2. The Morgan fingerprint density at radius 3 is 2.89 bits per heavy atom. The Morgan fingerprint density at radius 1 is 1.37 bits per heavy atom. The molecule has 0 bridgehead atoms. The maximum absolute atomic E-state index is 8.70. The zero-order valence-corrected chi connectivity index (χ0v) is 10.6. The summed E-state index contributed by atoms with van der Waals surface area (Å²) in [6.07, 6.45) is 1.49. The molecule has 1 aliphatic rings. The molecule has 19 heavy (non-hydrogen) atoms. The molecule has 0 aliphatic carbocycles. The van der Waals surface area contributed by atoms with Crippen molar-refractivity contribution < 1.29 is 24.2 Å². The van der Waals surface area contributed by atoms with E-state index in [4.69, 9.17) is 24.2 Å². The predicted molar refractivity (Wildman–Crippen MR) is 67.8 cm³/mol. The van der Waals surface area contributed by atoms with Crippen LogP contribution in [0, 0.1) is 0 Å². The average Bonchev–Trinajstić information content (AvgIpc) is 2.40. The summed E-state index contributed by atoms with van der Waals surface area (Å²) in [6, 6.07) is 3.03. The zero-order valence-electron chi connectivity index (χ0n) is 10.6. The summed E-state index contributed by atoms with van der Waals surface area (Å²) in [4.78, 5) is 6.27. The first-order chi connectivity index (χ1) is 9.24. The summed E-state index contributed by atoms with van der Waals surface area (Å²) in [6.45, 7) is 4.66. The Labute approximate surface area is 111 Å². The molecule has 1 aromatic heterocycles. The van der Waals surface area contributed by atoms with Gasteiger partial charge in [0.1, 0.15) is 12.4 Å². The second kappa shape index (κ2) is 7.29. The predicted octanol–water partition coefficient (Wildman–Crippen LogP) is -0.859. The normalized spacial score (nSPS) is 16.1. The van der Waals surface area contributed by atoms with Crippen molar-refractivity contribution in [2.75, 3.05) is 39.5 Å². The summed E-state index contributed by atoms with van der Waals surface area (Å²) in [5.41, 5.74) is 0. The van der Waals surface area contributed by atoms with Gasteiger partial charge in [0.15, 0.2) is 0 Å². The van der Waals surface area contributed by atoms with Crippen molar-refractivity contribution in [3.8, 4) is 11.6 Å². The van der Waals surface area contributed by atoms with Crippen molar-refractivity contribution in [3.05, 3.63) is 18.3 Å². The summed E-state index contributed by atoms with van der Waals surface area (Å²) in [7, 11) is -1.84. The Bertz CT molecular complexity index is 387. The number of morpholine rings is 1.